The Morgan fingerprint density at radius 3 is 2.23 bits per heavy atom. The van der Waals surface area contributed by atoms with Crippen LogP contribution < -0.4 is 16.4 Å². The SMILES string of the molecule is CCC(=O)[C@@H](O)C(CC(C)C)NC(=O)[C@@](N)(Cc1cccc2ccccc12)C(C(=O)NCC(O)CO)C(C)C. The molecule has 2 rings (SSSR count). The Hall–Kier alpha value is -2.85. The van der Waals surface area contributed by atoms with Gasteiger partial charge in [0, 0.05) is 19.4 Å². The van der Waals surface area contributed by atoms with Gasteiger partial charge in [0.25, 0.3) is 0 Å². The minimum Gasteiger partial charge on any atom is -0.394 e. The normalized spacial score (nSPS) is 16.4. The van der Waals surface area contributed by atoms with Crippen LogP contribution in [0.1, 0.15) is 53.0 Å². The van der Waals surface area contributed by atoms with Crippen LogP contribution in [0, 0.1) is 17.8 Å². The molecule has 0 bridgehead atoms. The quantitative estimate of drug-likeness (QED) is 0.199. The van der Waals surface area contributed by atoms with Crippen molar-refractivity contribution in [2.24, 2.45) is 23.5 Å². The Morgan fingerprint density at radius 1 is 1.00 bits per heavy atom. The number of hydrogen-bond donors (Lipinski definition) is 6. The highest BCUT2D eigenvalue weighted by Gasteiger charge is 2.48. The molecule has 3 unspecified atom stereocenters. The fourth-order valence-electron chi connectivity index (χ4n) is 5.13. The smallest absolute Gasteiger partial charge is 0.241 e. The highest BCUT2D eigenvalue weighted by Crippen LogP contribution is 2.31. The molecular weight excluding hydrogens is 498 g/mol. The molecule has 0 saturated carbocycles. The van der Waals surface area contributed by atoms with E-state index >= 15 is 0 Å². The summed E-state index contributed by atoms with van der Waals surface area (Å²) in [6, 6.07) is 12.5. The van der Waals surface area contributed by atoms with E-state index in [0.29, 0.717) is 6.42 Å². The first kappa shape index (κ1) is 32.4. The Morgan fingerprint density at radius 2 is 1.64 bits per heavy atom. The van der Waals surface area contributed by atoms with Gasteiger partial charge in [0.05, 0.1) is 24.7 Å². The lowest BCUT2D eigenvalue weighted by Gasteiger charge is -2.39. The van der Waals surface area contributed by atoms with Crippen molar-refractivity contribution < 1.29 is 29.7 Å². The zero-order valence-electron chi connectivity index (χ0n) is 23.7. The molecule has 0 saturated heterocycles. The number of nitrogens with two attached hydrogens (primary N) is 1. The molecule has 0 fully saturated rings. The molecule has 2 aromatic rings. The predicted molar refractivity (Wildman–Crippen MR) is 152 cm³/mol. The molecule has 216 valence electrons. The third-order valence-electron chi connectivity index (χ3n) is 7.11. The summed E-state index contributed by atoms with van der Waals surface area (Å²) >= 11 is 0. The summed E-state index contributed by atoms with van der Waals surface area (Å²) in [6.45, 7) is 8.32. The van der Waals surface area contributed by atoms with Gasteiger partial charge in [-0.1, -0.05) is 77.1 Å². The highest BCUT2D eigenvalue weighted by molar-refractivity contribution is 5.96. The van der Waals surface area contributed by atoms with Crippen molar-refractivity contribution in [3.8, 4) is 0 Å². The molecular formula is C30H45N3O6. The second kappa shape index (κ2) is 14.5. The fraction of sp³-hybridized carbons (Fsp3) is 0.567. The Bertz CT molecular complexity index is 1120. The monoisotopic (exact) mass is 543 g/mol. The van der Waals surface area contributed by atoms with E-state index < -0.39 is 59.8 Å². The molecule has 0 aliphatic heterocycles. The first-order valence-corrected chi connectivity index (χ1v) is 13.7. The number of carbonyl (C=O) groups excluding carboxylic acids is 3. The summed E-state index contributed by atoms with van der Waals surface area (Å²) < 4.78 is 0. The number of amides is 2. The van der Waals surface area contributed by atoms with Crippen LogP contribution in [-0.4, -0.2) is 69.9 Å². The van der Waals surface area contributed by atoms with Gasteiger partial charge in [0.1, 0.15) is 11.6 Å². The number of aliphatic hydroxyl groups is 3. The van der Waals surface area contributed by atoms with E-state index in [1.54, 1.807) is 20.8 Å². The van der Waals surface area contributed by atoms with Crippen molar-refractivity contribution >= 4 is 28.4 Å². The summed E-state index contributed by atoms with van der Waals surface area (Å²) in [5, 5.41) is 37.0. The summed E-state index contributed by atoms with van der Waals surface area (Å²) in [4.78, 5) is 40.0. The molecule has 0 aliphatic carbocycles. The van der Waals surface area contributed by atoms with Crippen LogP contribution in [0.15, 0.2) is 42.5 Å². The number of ketones is 1. The third kappa shape index (κ3) is 8.32. The minimum atomic E-state index is -1.78. The van der Waals surface area contributed by atoms with Crippen LogP contribution in [0.25, 0.3) is 10.8 Å². The molecule has 7 N–H and O–H groups in total. The van der Waals surface area contributed by atoms with Gasteiger partial charge in [-0.05, 0) is 34.6 Å². The molecule has 39 heavy (non-hydrogen) atoms. The van der Waals surface area contributed by atoms with Gasteiger partial charge in [-0.15, -0.1) is 0 Å². The van der Waals surface area contributed by atoms with E-state index in [0.717, 1.165) is 16.3 Å². The number of aliphatic hydroxyl groups excluding tert-OH is 3. The number of Topliss-reactive ketones (excluding diaryl/α,β-unsaturated/α-hetero) is 1. The number of nitrogens with one attached hydrogen (secondary N) is 2. The Kier molecular flexibility index (Phi) is 12.0. The summed E-state index contributed by atoms with van der Waals surface area (Å²) in [7, 11) is 0. The molecule has 9 heteroatoms. The van der Waals surface area contributed by atoms with Gasteiger partial charge in [-0.25, -0.2) is 0 Å². The van der Waals surface area contributed by atoms with E-state index in [1.807, 2.05) is 56.3 Å². The summed E-state index contributed by atoms with van der Waals surface area (Å²) in [6.07, 6.45) is -2.12. The summed E-state index contributed by atoms with van der Waals surface area (Å²) in [5.74, 6) is -2.96. The average molecular weight is 544 g/mol. The number of carbonyl (C=O) groups is 3. The van der Waals surface area contributed by atoms with Crippen LogP contribution >= 0.6 is 0 Å². The van der Waals surface area contributed by atoms with Crippen molar-refractivity contribution in [1.82, 2.24) is 10.6 Å². The second-order valence-electron chi connectivity index (χ2n) is 11.1. The molecule has 0 spiro atoms. The van der Waals surface area contributed by atoms with Crippen LogP contribution in [0.4, 0.5) is 0 Å². The largest absolute Gasteiger partial charge is 0.394 e. The molecule has 9 nitrogen and oxygen atoms in total. The minimum absolute atomic E-state index is 0.00518. The molecule has 0 radical (unpaired) electrons. The van der Waals surface area contributed by atoms with Crippen molar-refractivity contribution in [1.29, 1.82) is 0 Å². The number of hydrogen-bond acceptors (Lipinski definition) is 7. The van der Waals surface area contributed by atoms with Crippen LogP contribution in [-0.2, 0) is 20.8 Å². The molecule has 0 heterocycles. The zero-order chi connectivity index (χ0) is 29.3. The van der Waals surface area contributed by atoms with Gasteiger partial charge in [-0.2, -0.15) is 0 Å². The lowest BCUT2D eigenvalue weighted by atomic mass is 9.72. The first-order valence-electron chi connectivity index (χ1n) is 13.7. The zero-order valence-corrected chi connectivity index (χ0v) is 23.7. The van der Waals surface area contributed by atoms with Crippen molar-refractivity contribution in [3.05, 3.63) is 48.0 Å². The van der Waals surface area contributed by atoms with Gasteiger partial charge >= 0.3 is 0 Å². The van der Waals surface area contributed by atoms with E-state index in [9.17, 15) is 29.7 Å². The average Bonchev–Trinajstić information content (AvgIpc) is 2.90. The van der Waals surface area contributed by atoms with Crippen molar-refractivity contribution in [2.75, 3.05) is 13.2 Å². The Balaban J connectivity index is 2.59. The predicted octanol–water partition coefficient (Wildman–Crippen LogP) is 1.69. The second-order valence-corrected chi connectivity index (χ2v) is 11.1. The topological polar surface area (TPSA) is 162 Å². The van der Waals surface area contributed by atoms with Gasteiger partial charge < -0.3 is 31.7 Å². The van der Waals surface area contributed by atoms with Crippen molar-refractivity contribution in [2.45, 2.75) is 77.7 Å². The van der Waals surface area contributed by atoms with E-state index in [4.69, 9.17) is 5.73 Å². The maximum Gasteiger partial charge on any atom is 0.241 e. The van der Waals surface area contributed by atoms with Gasteiger partial charge in [0.15, 0.2) is 5.78 Å². The first-order chi connectivity index (χ1) is 18.3. The lowest BCUT2D eigenvalue weighted by Crippen LogP contribution is -2.67. The van der Waals surface area contributed by atoms with E-state index in [1.165, 1.54) is 0 Å². The van der Waals surface area contributed by atoms with E-state index in [-0.39, 0.29) is 25.3 Å². The van der Waals surface area contributed by atoms with Crippen molar-refractivity contribution in [3.63, 3.8) is 0 Å². The highest BCUT2D eigenvalue weighted by atomic mass is 16.3. The van der Waals surface area contributed by atoms with Gasteiger partial charge in [-0.3, -0.25) is 14.4 Å². The molecule has 2 amide bonds. The lowest BCUT2D eigenvalue weighted by molar-refractivity contribution is -0.140. The van der Waals surface area contributed by atoms with Crippen LogP contribution in [0.3, 0.4) is 0 Å². The summed E-state index contributed by atoms with van der Waals surface area (Å²) in [5.41, 5.74) is 5.97. The number of fused-ring (bicyclic) bond motifs is 1. The fourth-order valence-corrected chi connectivity index (χ4v) is 5.13. The van der Waals surface area contributed by atoms with Gasteiger partial charge in [0.2, 0.25) is 11.8 Å². The molecule has 5 atom stereocenters. The maximum atomic E-state index is 14.1. The number of rotatable bonds is 15. The van der Waals surface area contributed by atoms with E-state index in [2.05, 4.69) is 10.6 Å². The molecule has 0 aliphatic rings. The third-order valence-corrected chi connectivity index (χ3v) is 7.11. The van der Waals surface area contributed by atoms with Crippen LogP contribution in [0.2, 0.25) is 0 Å². The Labute approximate surface area is 231 Å². The maximum absolute atomic E-state index is 14.1. The van der Waals surface area contributed by atoms with Crippen LogP contribution in [0.5, 0.6) is 0 Å². The molecule has 0 aromatic heterocycles. The number of benzene rings is 2. The standard InChI is InChI=1S/C30H45N3O6/c1-6-25(36)27(37)24(14-18(2)3)33-29(39)30(31,26(19(4)5)28(38)32-16-22(35)17-34)15-21-12-9-11-20-10-7-8-13-23(20)21/h7-13,18-19,22,24,26-27,34-35,37H,6,14-17,31H2,1-5H3,(H,32,38)(H,33,39)/t22?,24?,26?,27-,30+/m0/s1. The molecule has 2 aromatic carbocycles.